The number of aryl methyl sites for hydroxylation is 4. The summed E-state index contributed by atoms with van der Waals surface area (Å²) in [5.41, 5.74) is 5.42. The van der Waals surface area contributed by atoms with E-state index in [1.54, 1.807) is 38.3 Å². The third-order valence-electron chi connectivity index (χ3n) is 12.8. The number of Topliss-reactive ketones (excluding diaryl/α,β-unsaturated/α-hetero) is 1. The van der Waals surface area contributed by atoms with Gasteiger partial charge in [-0.05, 0) is 366 Å². The molecule has 9 rings (SSSR count). The maximum absolute atomic E-state index is 12.7. The Morgan fingerprint density at radius 3 is 0.759 bits per heavy atom. The van der Waals surface area contributed by atoms with E-state index in [1.807, 2.05) is 312 Å². The lowest BCUT2D eigenvalue weighted by Crippen LogP contribution is -2.22. The second-order valence-electron chi connectivity index (χ2n) is 35.8. The van der Waals surface area contributed by atoms with Crippen LogP contribution >= 0.6 is 0 Å². The van der Waals surface area contributed by atoms with Crippen LogP contribution in [-0.4, -0.2) is 63.3 Å². The van der Waals surface area contributed by atoms with Crippen molar-refractivity contribution in [3.63, 3.8) is 0 Å². The number of ketones is 1. The number of rotatable bonds is 12. The minimum Gasteiger partial charge on any atom is -0.497 e. The summed E-state index contributed by atoms with van der Waals surface area (Å²) in [5.74, 6) is 8.53. The molecule has 9 aromatic carbocycles. The fourth-order valence-corrected chi connectivity index (χ4v) is 8.90. The molecular weight excluding hydrogens is 1450 g/mol. The molecule has 0 saturated heterocycles. The molecule has 0 heterocycles. The van der Waals surface area contributed by atoms with Crippen LogP contribution in [0.25, 0.3) is 0 Å². The van der Waals surface area contributed by atoms with E-state index in [1.165, 1.54) is 34.4 Å². The number of carbonyl (C=O) groups excluding carboxylic acids is 1. The third-order valence-corrected chi connectivity index (χ3v) is 12.8. The van der Waals surface area contributed by atoms with Crippen molar-refractivity contribution < 1.29 is 56.6 Å². The Labute approximate surface area is 706 Å². The number of methoxy groups -OCH3 is 1. The van der Waals surface area contributed by atoms with Crippen molar-refractivity contribution in [3.05, 3.63) is 264 Å². The zero-order valence-corrected chi connectivity index (χ0v) is 74.4. The second-order valence-corrected chi connectivity index (χ2v) is 35.8. The first-order valence-corrected chi connectivity index (χ1v) is 38.3. The maximum atomic E-state index is 12.7. The average Bonchev–Trinajstić information content (AvgIpc) is 0.894. The molecule has 0 fully saturated rings. The van der Waals surface area contributed by atoms with Gasteiger partial charge >= 0.3 is 0 Å². The van der Waals surface area contributed by atoms with Crippen LogP contribution in [0.1, 0.15) is 257 Å². The first-order valence-electron chi connectivity index (χ1n) is 38.3. The van der Waals surface area contributed by atoms with Crippen molar-refractivity contribution in [2.24, 2.45) is 0 Å². The lowest BCUT2D eigenvalue weighted by molar-refractivity contribution is -0.116. The molecule has 0 aromatic heterocycles. The summed E-state index contributed by atoms with van der Waals surface area (Å²) in [6.45, 7) is 64.5. The maximum Gasteiger partial charge on any atom is 0.134 e. The number of nitrogens with zero attached hydrogens (tertiary/aromatic N) is 1. The van der Waals surface area contributed by atoms with Gasteiger partial charge in [0, 0.05) is 12.5 Å². The quantitative estimate of drug-likeness (QED) is 0.115. The monoisotopic (exact) mass is 1600 g/mol. The van der Waals surface area contributed by atoms with Crippen LogP contribution in [0.3, 0.4) is 0 Å². The Bertz CT molecular complexity index is 3870. The standard InChI is InChI=1S/C13H18O2.C11H13NO.C11H16O2.4C11H16O.C10H13FO.C10H14O.4CH4/c1-10(14)9-11-5-7-12(8-6-11)15-13(2,3)4;1-11(2,3)13-10-6-4-9(8-12)5-7-10;1-11(2,3)13-10-7-5-9(12-4)6-8-10;3*1-9-5-7-10(8-6-9)12-11(2,3)4;1-9-6-5-7-10(8-9)12-11(2,3)4;1-10(2,3)12-9-6-4-5-8(11)7-9;1-10(2,3)11-9-7-5-4-6-8-9;;;;/h5-8H,9H2,1-4H3;4-7H,1-3H3;5-8H,1-4H3;4*5-8H,1-4H3;4-7H,1-3H3;4-8H,1-3H3;4*1H4. The van der Waals surface area contributed by atoms with E-state index < -0.39 is 0 Å². The molecule has 12 nitrogen and oxygen atoms in total. The number of hydrogen-bond acceptors (Lipinski definition) is 12. The zero-order valence-electron chi connectivity index (χ0n) is 74.4. The minimum absolute atomic E-state index is 0. The molecule has 0 amide bonds. The van der Waals surface area contributed by atoms with Crippen molar-refractivity contribution in [2.45, 2.75) is 308 Å². The highest BCUT2D eigenvalue weighted by Crippen LogP contribution is 2.26. The number of hydrogen-bond donors (Lipinski definition) is 0. The molecule has 116 heavy (non-hydrogen) atoms. The van der Waals surface area contributed by atoms with E-state index in [4.69, 9.17) is 52.6 Å². The summed E-state index contributed by atoms with van der Waals surface area (Å²) in [6.07, 6.45) is 0.496. The van der Waals surface area contributed by atoms with Crippen molar-refractivity contribution in [1.82, 2.24) is 0 Å². The summed E-state index contributed by atoms with van der Waals surface area (Å²) < 4.78 is 68.3. The number of para-hydroxylation sites is 1. The molecule has 0 spiro atoms. The highest BCUT2D eigenvalue weighted by molar-refractivity contribution is 5.78. The molecular formula is C103H154FNO11. The minimum atomic E-state index is -0.270. The van der Waals surface area contributed by atoms with Gasteiger partial charge in [-0.25, -0.2) is 4.39 Å². The molecule has 644 valence electrons. The van der Waals surface area contributed by atoms with E-state index in [0.29, 0.717) is 17.7 Å². The molecule has 9 aromatic rings. The van der Waals surface area contributed by atoms with Gasteiger partial charge in [0.05, 0.1) is 18.7 Å². The van der Waals surface area contributed by atoms with Crippen molar-refractivity contribution in [2.75, 3.05) is 7.11 Å². The van der Waals surface area contributed by atoms with Gasteiger partial charge in [-0.15, -0.1) is 0 Å². The summed E-state index contributed by atoms with van der Waals surface area (Å²) in [6, 6.07) is 72.9. The van der Waals surface area contributed by atoms with Gasteiger partial charge in [0.25, 0.3) is 0 Å². The molecule has 0 aliphatic rings. The summed E-state index contributed by atoms with van der Waals surface area (Å²) >= 11 is 0. The van der Waals surface area contributed by atoms with Gasteiger partial charge in [-0.3, -0.25) is 4.79 Å². The largest absolute Gasteiger partial charge is 0.497 e. The van der Waals surface area contributed by atoms with Gasteiger partial charge in [0.2, 0.25) is 0 Å². The molecule has 0 aliphatic heterocycles. The van der Waals surface area contributed by atoms with E-state index in [2.05, 4.69) is 97.0 Å². The lowest BCUT2D eigenvalue weighted by Gasteiger charge is -2.21. The number of nitriles is 1. The molecule has 0 atom stereocenters. The van der Waals surface area contributed by atoms with E-state index in [0.717, 1.165) is 57.3 Å². The van der Waals surface area contributed by atoms with E-state index in [9.17, 15) is 9.18 Å². The fourth-order valence-electron chi connectivity index (χ4n) is 8.90. The van der Waals surface area contributed by atoms with Crippen LogP contribution in [-0.2, 0) is 11.2 Å². The normalized spacial score (nSPS) is 10.8. The van der Waals surface area contributed by atoms with Crippen molar-refractivity contribution >= 4 is 5.78 Å². The van der Waals surface area contributed by atoms with Crippen LogP contribution in [0.5, 0.6) is 57.5 Å². The van der Waals surface area contributed by atoms with E-state index >= 15 is 0 Å². The SMILES string of the molecule is C.C.C.C.CC(=O)Cc1ccc(OC(C)(C)C)cc1.CC(C)(C)Oc1ccc(C#N)cc1.CC(C)(C)Oc1cccc(F)c1.CC(C)(C)Oc1ccccc1.COc1ccc(OC(C)(C)C)cc1.Cc1ccc(OC(C)(C)C)cc1.Cc1ccc(OC(C)(C)C)cc1.Cc1ccc(OC(C)(C)C)cc1.Cc1cccc(OC(C)(C)C)c1. The molecule has 0 aliphatic carbocycles. The summed E-state index contributed by atoms with van der Waals surface area (Å²) in [4.78, 5) is 10.9. The summed E-state index contributed by atoms with van der Waals surface area (Å²) in [5, 5.41) is 8.57. The fraction of sp³-hybridized carbons (Fsp3) is 0.456. The Kier molecular flexibility index (Phi) is 51.0. The number of halogens is 1. The topological polar surface area (TPSA) is 133 Å². The second kappa shape index (κ2) is 52.6. The van der Waals surface area contributed by atoms with Gasteiger partial charge in [0.15, 0.2) is 0 Å². The van der Waals surface area contributed by atoms with Crippen molar-refractivity contribution in [1.29, 1.82) is 5.26 Å². The summed E-state index contributed by atoms with van der Waals surface area (Å²) in [7, 11) is 1.65. The number of carbonyl (C=O) groups is 1. The lowest BCUT2D eigenvalue weighted by atomic mass is 10.1. The molecule has 0 N–H and O–H groups in total. The molecule has 13 heteroatoms. The molecule has 0 bridgehead atoms. The average molecular weight is 1600 g/mol. The highest BCUT2D eigenvalue weighted by atomic mass is 19.1. The molecule has 0 radical (unpaired) electrons. The van der Waals surface area contributed by atoms with Crippen LogP contribution in [0.4, 0.5) is 4.39 Å². The Morgan fingerprint density at radius 1 is 0.284 bits per heavy atom. The number of ether oxygens (including phenoxy) is 10. The highest BCUT2D eigenvalue weighted by Gasteiger charge is 2.18. The van der Waals surface area contributed by atoms with E-state index in [-0.39, 0.29) is 91.7 Å². The van der Waals surface area contributed by atoms with Crippen LogP contribution in [0.2, 0.25) is 0 Å². The zero-order chi connectivity index (χ0) is 85.5. The first-order chi connectivity index (χ1) is 51.3. The predicted molar refractivity (Wildman–Crippen MR) is 493 cm³/mol. The van der Waals surface area contributed by atoms with Gasteiger partial charge in [0.1, 0.15) is 120 Å². The van der Waals surface area contributed by atoms with Crippen molar-refractivity contribution in [3.8, 4) is 63.6 Å². The number of benzene rings is 9. The van der Waals surface area contributed by atoms with Gasteiger partial charge < -0.3 is 47.4 Å². The Balaban J connectivity index is -0.000000606. The predicted octanol–water partition coefficient (Wildman–Crippen LogP) is 29.7. The Hall–Kier alpha value is -9.93. The molecule has 0 saturated carbocycles. The third kappa shape index (κ3) is 64.4. The van der Waals surface area contributed by atoms with Gasteiger partial charge in [-0.1, -0.05) is 131 Å². The smallest absolute Gasteiger partial charge is 0.134 e. The van der Waals surface area contributed by atoms with Crippen LogP contribution < -0.4 is 47.4 Å². The van der Waals surface area contributed by atoms with Gasteiger partial charge in [-0.2, -0.15) is 5.26 Å². The first kappa shape index (κ1) is 112. The molecule has 0 unspecified atom stereocenters. The van der Waals surface area contributed by atoms with Crippen LogP contribution in [0, 0.1) is 44.8 Å². The Morgan fingerprint density at radius 2 is 0.509 bits per heavy atom. The van der Waals surface area contributed by atoms with Crippen LogP contribution in [0.15, 0.2) is 224 Å².